The number of likely N-dealkylation sites (N-methyl/N-ethyl adjacent to an activating group) is 1. The zero-order valence-electron chi connectivity index (χ0n) is 19.6. The van der Waals surface area contributed by atoms with E-state index in [1.54, 1.807) is 0 Å². The Labute approximate surface area is 198 Å². The third-order valence-electron chi connectivity index (χ3n) is 7.63. The highest BCUT2D eigenvalue weighted by Gasteiger charge is 2.36. The van der Waals surface area contributed by atoms with Crippen LogP contribution >= 0.6 is 12.4 Å². The Bertz CT molecular complexity index is 795. The predicted molar refractivity (Wildman–Crippen MR) is 130 cm³/mol. The molecule has 1 aromatic carbocycles. The van der Waals surface area contributed by atoms with Crippen molar-refractivity contribution in [3.63, 3.8) is 0 Å². The van der Waals surface area contributed by atoms with Crippen molar-refractivity contribution in [2.75, 3.05) is 44.7 Å². The van der Waals surface area contributed by atoms with E-state index in [2.05, 4.69) is 34.9 Å². The molecule has 2 fully saturated rings. The van der Waals surface area contributed by atoms with Crippen molar-refractivity contribution >= 4 is 30.1 Å². The van der Waals surface area contributed by atoms with Crippen LogP contribution in [0.25, 0.3) is 0 Å². The number of benzene rings is 1. The van der Waals surface area contributed by atoms with Gasteiger partial charge in [-0.3, -0.25) is 9.69 Å². The Hall–Kier alpha value is -1.79. The number of rotatable bonds is 6. The Morgan fingerprint density at radius 2 is 1.75 bits per heavy atom. The molecule has 1 saturated heterocycles. The summed E-state index contributed by atoms with van der Waals surface area (Å²) in [4.78, 5) is 31.2. The largest absolute Gasteiger partial charge is 0.469 e. The van der Waals surface area contributed by atoms with Crippen LogP contribution in [0.2, 0.25) is 0 Å². The normalized spacial score (nSPS) is 24.0. The molecule has 0 atom stereocenters. The first kappa shape index (κ1) is 24.8. The summed E-state index contributed by atoms with van der Waals surface area (Å²) in [5, 5.41) is 0. The van der Waals surface area contributed by atoms with Gasteiger partial charge in [0.25, 0.3) is 0 Å². The van der Waals surface area contributed by atoms with Gasteiger partial charge in [-0.1, -0.05) is 13.0 Å². The Kier molecular flexibility index (Phi) is 8.83. The van der Waals surface area contributed by atoms with Crippen LogP contribution in [0.5, 0.6) is 0 Å². The fourth-order valence-corrected chi connectivity index (χ4v) is 5.54. The predicted octanol–water partition coefficient (Wildman–Crippen LogP) is 4.28. The Balaban J connectivity index is 0.00000289. The fourth-order valence-electron chi connectivity index (χ4n) is 5.54. The lowest BCUT2D eigenvalue weighted by Gasteiger charge is -2.34. The van der Waals surface area contributed by atoms with Crippen LogP contribution in [-0.4, -0.2) is 67.7 Å². The highest BCUT2D eigenvalue weighted by atomic mass is 35.5. The molecule has 7 heteroatoms. The number of carbonyl (C=O) groups is 2. The molecule has 0 bridgehead atoms. The van der Waals surface area contributed by atoms with Gasteiger partial charge in [0.15, 0.2) is 0 Å². The minimum Gasteiger partial charge on any atom is -0.469 e. The van der Waals surface area contributed by atoms with Gasteiger partial charge in [-0.2, -0.15) is 0 Å². The molecule has 2 aliphatic heterocycles. The molecule has 0 aromatic heterocycles. The lowest BCUT2D eigenvalue weighted by Crippen LogP contribution is -2.41. The number of hydrogen-bond acceptors (Lipinski definition) is 4. The summed E-state index contributed by atoms with van der Waals surface area (Å²) < 4.78 is 4.76. The number of hydrogen-bond donors (Lipinski definition) is 0. The molecule has 0 unspecified atom stereocenters. The quantitative estimate of drug-likeness (QED) is 0.591. The van der Waals surface area contributed by atoms with Crippen LogP contribution in [0.4, 0.5) is 10.5 Å². The van der Waals surface area contributed by atoms with Crippen LogP contribution in [0.15, 0.2) is 18.2 Å². The Morgan fingerprint density at radius 1 is 1.03 bits per heavy atom. The maximum absolute atomic E-state index is 13.3. The topological polar surface area (TPSA) is 53.1 Å². The van der Waals surface area contributed by atoms with Crippen molar-refractivity contribution in [1.29, 1.82) is 0 Å². The molecule has 32 heavy (non-hydrogen) atoms. The summed E-state index contributed by atoms with van der Waals surface area (Å²) in [7, 11) is 1.45. The van der Waals surface area contributed by atoms with E-state index in [-0.39, 0.29) is 24.4 Å². The molecule has 0 radical (unpaired) electrons. The molecule has 2 heterocycles. The first-order valence-corrected chi connectivity index (χ1v) is 12.1. The van der Waals surface area contributed by atoms with Crippen molar-refractivity contribution in [2.24, 2.45) is 5.92 Å². The number of methoxy groups -OCH3 is 1. The van der Waals surface area contributed by atoms with Gasteiger partial charge in [-0.25, -0.2) is 4.79 Å². The van der Waals surface area contributed by atoms with Crippen molar-refractivity contribution in [1.82, 2.24) is 9.80 Å². The number of esters is 1. The van der Waals surface area contributed by atoms with E-state index in [9.17, 15) is 9.59 Å². The third kappa shape index (κ3) is 5.57. The second-order valence-corrected chi connectivity index (χ2v) is 9.30. The van der Waals surface area contributed by atoms with Gasteiger partial charge in [0.2, 0.25) is 0 Å². The van der Waals surface area contributed by atoms with Gasteiger partial charge < -0.3 is 14.5 Å². The molecule has 2 amide bonds. The van der Waals surface area contributed by atoms with Crippen LogP contribution in [-0.2, 0) is 22.4 Å². The van der Waals surface area contributed by atoms with E-state index in [4.69, 9.17) is 4.74 Å². The molecule has 178 valence electrons. The number of urea groups is 1. The maximum atomic E-state index is 13.3. The van der Waals surface area contributed by atoms with Crippen molar-refractivity contribution < 1.29 is 14.3 Å². The molecule has 0 N–H and O–H groups in total. The first-order chi connectivity index (χ1) is 15.1. The SMILES string of the molecule is CCN1CCc2ccc(N3CCN([C@H]4CC[C@H](CCC(=O)OC)CC4)C3=O)cc2CC1.Cl. The van der Waals surface area contributed by atoms with Crippen molar-refractivity contribution in [3.8, 4) is 0 Å². The number of halogens is 1. The molecule has 4 rings (SSSR count). The summed E-state index contributed by atoms with van der Waals surface area (Å²) in [6.45, 7) is 7.16. The summed E-state index contributed by atoms with van der Waals surface area (Å²) in [6.07, 6.45) is 7.86. The number of ether oxygens (including phenoxy) is 1. The molecule has 6 nitrogen and oxygen atoms in total. The molecule has 1 aromatic rings. The summed E-state index contributed by atoms with van der Waals surface area (Å²) in [5.74, 6) is 0.465. The van der Waals surface area contributed by atoms with Gasteiger partial charge in [0, 0.05) is 44.3 Å². The molecule has 1 aliphatic carbocycles. The molecule has 0 spiro atoms. The number of nitrogens with zero attached hydrogens (tertiary/aromatic N) is 3. The van der Waals surface area contributed by atoms with Crippen LogP contribution < -0.4 is 4.90 Å². The second-order valence-electron chi connectivity index (χ2n) is 9.30. The van der Waals surface area contributed by atoms with Gasteiger partial charge in [-0.15, -0.1) is 12.4 Å². The van der Waals surface area contributed by atoms with E-state index in [1.165, 1.54) is 18.2 Å². The van der Waals surface area contributed by atoms with E-state index in [0.717, 1.165) is 83.4 Å². The summed E-state index contributed by atoms with van der Waals surface area (Å²) in [6, 6.07) is 7.16. The third-order valence-corrected chi connectivity index (χ3v) is 7.63. The highest BCUT2D eigenvalue weighted by molar-refractivity contribution is 5.94. The second kappa shape index (κ2) is 11.4. The molecule has 3 aliphatic rings. The Morgan fingerprint density at radius 3 is 2.44 bits per heavy atom. The molecule has 1 saturated carbocycles. The van der Waals surface area contributed by atoms with E-state index in [1.807, 2.05) is 4.90 Å². The van der Waals surface area contributed by atoms with Crippen molar-refractivity contribution in [3.05, 3.63) is 29.3 Å². The van der Waals surface area contributed by atoms with Gasteiger partial charge >= 0.3 is 12.0 Å². The lowest BCUT2D eigenvalue weighted by atomic mass is 9.83. The fraction of sp³-hybridized carbons (Fsp3) is 0.680. The molecular weight excluding hydrogens is 426 g/mol. The first-order valence-electron chi connectivity index (χ1n) is 12.1. The van der Waals surface area contributed by atoms with E-state index < -0.39 is 0 Å². The van der Waals surface area contributed by atoms with Gasteiger partial charge in [0.1, 0.15) is 0 Å². The molecular formula is C25H38ClN3O3. The highest BCUT2D eigenvalue weighted by Crippen LogP contribution is 2.33. The van der Waals surface area contributed by atoms with Gasteiger partial charge in [-0.05, 0) is 80.7 Å². The monoisotopic (exact) mass is 463 g/mol. The summed E-state index contributed by atoms with van der Waals surface area (Å²) >= 11 is 0. The zero-order valence-corrected chi connectivity index (χ0v) is 20.4. The minimum absolute atomic E-state index is 0. The van der Waals surface area contributed by atoms with Crippen molar-refractivity contribution in [2.45, 2.75) is 64.3 Å². The van der Waals surface area contributed by atoms with E-state index in [0.29, 0.717) is 18.4 Å². The average molecular weight is 464 g/mol. The standard InChI is InChI=1S/C25H37N3O3.ClH/c1-3-26-14-12-20-7-10-23(18-21(20)13-15-26)28-17-16-27(25(28)30)22-8-4-19(5-9-22)6-11-24(29)31-2;/h7,10,18-19,22H,3-6,8-9,11-17H2,1-2H3;1H/t19-,22-;. The smallest absolute Gasteiger partial charge is 0.324 e. The minimum atomic E-state index is -0.115. The number of anilines is 1. The van der Waals surface area contributed by atoms with E-state index >= 15 is 0 Å². The van der Waals surface area contributed by atoms with Crippen LogP contribution in [0, 0.1) is 5.92 Å². The number of fused-ring (bicyclic) bond motifs is 1. The van der Waals surface area contributed by atoms with Crippen LogP contribution in [0.3, 0.4) is 0 Å². The lowest BCUT2D eigenvalue weighted by molar-refractivity contribution is -0.141. The number of carbonyl (C=O) groups excluding carboxylic acids is 2. The van der Waals surface area contributed by atoms with Gasteiger partial charge in [0.05, 0.1) is 7.11 Å². The zero-order chi connectivity index (χ0) is 21.8. The summed E-state index contributed by atoms with van der Waals surface area (Å²) in [5.41, 5.74) is 3.90. The average Bonchev–Trinajstić information content (AvgIpc) is 3.06. The van der Waals surface area contributed by atoms with Crippen LogP contribution in [0.1, 0.15) is 56.6 Å². The number of amides is 2. The maximum Gasteiger partial charge on any atom is 0.324 e.